The lowest BCUT2D eigenvalue weighted by Crippen LogP contribution is -2.35. The molecular formula is C24H47NO2. The minimum absolute atomic E-state index is 0.0300. The van der Waals surface area contributed by atoms with Gasteiger partial charge in [-0.05, 0) is 46.4 Å². The average molecular weight is 382 g/mol. The Morgan fingerprint density at radius 1 is 0.852 bits per heavy atom. The van der Waals surface area contributed by atoms with Crippen LogP contribution in [0, 0.1) is 0 Å². The van der Waals surface area contributed by atoms with Crippen LogP contribution in [0.2, 0.25) is 0 Å². The summed E-state index contributed by atoms with van der Waals surface area (Å²) in [4.78, 5) is 13.7. The number of rotatable bonds is 21. The Labute approximate surface area is 169 Å². The maximum atomic E-state index is 11.6. The first-order valence-corrected chi connectivity index (χ1v) is 11.6. The molecule has 0 rings (SSSR count). The third-order valence-corrected chi connectivity index (χ3v) is 5.53. The van der Waals surface area contributed by atoms with Gasteiger partial charge in [0, 0.05) is 13.2 Å². The summed E-state index contributed by atoms with van der Waals surface area (Å²) in [5.74, 6) is 0.124. The van der Waals surface area contributed by atoms with Gasteiger partial charge in [0.2, 0.25) is 0 Å². The highest BCUT2D eigenvalue weighted by molar-refractivity contribution is 5.93. The first kappa shape index (κ1) is 26.3. The van der Waals surface area contributed by atoms with Crippen molar-refractivity contribution in [2.45, 2.75) is 110 Å². The van der Waals surface area contributed by atoms with Gasteiger partial charge < -0.3 is 4.74 Å². The van der Waals surface area contributed by atoms with Crippen molar-refractivity contribution < 1.29 is 9.53 Å². The number of hydrogen-bond acceptors (Lipinski definition) is 3. The van der Waals surface area contributed by atoms with Gasteiger partial charge in [0.25, 0.3) is 0 Å². The largest absolute Gasteiger partial charge is 0.382 e. The van der Waals surface area contributed by atoms with Gasteiger partial charge in [-0.15, -0.1) is 0 Å². The average Bonchev–Trinajstić information content (AvgIpc) is 2.68. The van der Waals surface area contributed by atoms with Gasteiger partial charge in [0.05, 0.1) is 6.04 Å². The Hall–Kier alpha value is -0.670. The Bertz CT molecular complexity index is 343. The number of carbonyl (C=O) groups excluding carboxylic acids is 1. The second-order valence-corrected chi connectivity index (χ2v) is 7.91. The number of nitrogens with zero attached hydrogens (tertiary/aromatic N) is 1. The predicted octanol–water partition coefficient (Wildman–Crippen LogP) is 6.56. The molecule has 160 valence electrons. The molecular weight excluding hydrogens is 334 g/mol. The highest BCUT2D eigenvalue weighted by atomic mass is 16.5. The number of likely N-dealkylation sites (N-methyl/N-ethyl adjacent to an activating group) is 1. The molecule has 0 aromatic carbocycles. The summed E-state index contributed by atoms with van der Waals surface area (Å²) in [6, 6.07) is -0.0300. The van der Waals surface area contributed by atoms with E-state index in [0.29, 0.717) is 0 Å². The molecule has 0 bridgehead atoms. The smallest absolute Gasteiger partial charge is 0.171 e. The van der Waals surface area contributed by atoms with Gasteiger partial charge in [0.15, 0.2) is 5.78 Å². The first-order chi connectivity index (χ1) is 13.1. The molecule has 0 aromatic heterocycles. The van der Waals surface area contributed by atoms with Crippen LogP contribution >= 0.6 is 0 Å². The SMILES string of the molecule is C=CC(=O)C(C)N(C)CCCCCCCCCCCCCCCCOCC. The maximum Gasteiger partial charge on any atom is 0.171 e. The molecule has 0 heterocycles. The molecule has 0 aliphatic rings. The van der Waals surface area contributed by atoms with E-state index in [4.69, 9.17) is 4.74 Å². The predicted molar refractivity (Wildman–Crippen MR) is 118 cm³/mol. The molecule has 0 fully saturated rings. The van der Waals surface area contributed by atoms with Crippen molar-refractivity contribution in [1.82, 2.24) is 4.90 Å². The molecule has 0 aromatic rings. The number of ketones is 1. The van der Waals surface area contributed by atoms with E-state index < -0.39 is 0 Å². The zero-order chi connectivity index (χ0) is 20.2. The second kappa shape index (κ2) is 20.1. The fourth-order valence-electron chi connectivity index (χ4n) is 3.41. The zero-order valence-corrected chi connectivity index (χ0v) is 18.6. The van der Waals surface area contributed by atoms with Crippen LogP contribution in [0.3, 0.4) is 0 Å². The van der Waals surface area contributed by atoms with E-state index in [2.05, 4.69) is 18.4 Å². The lowest BCUT2D eigenvalue weighted by atomic mass is 10.0. The molecule has 0 radical (unpaired) electrons. The van der Waals surface area contributed by atoms with Gasteiger partial charge in [-0.2, -0.15) is 0 Å². The van der Waals surface area contributed by atoms with E-state index in [0.717, 1.165) is 19.8 Å². The molecule has 0 saturated heterocycles. The number of hydrogen-bond donors (Lipinski definition) is 0. The summed E-state index contributed by atoms with van der Waals surface area (Å²) in [5.41, 5.74) is 0. The molecule has 0 amide bonds. The summed E-state index contributed by atoms with van der Waals surface area (Å²) in [6.45, 7) is 10.4. The lowest BCUT2D eigenvalue weighted by Gasteiger charge is -2.22. The van der Waals surface area contributed by atoms with Crippen molar-refractivity contribution in [2.75, 3.05) is 26.8 Å². The fourth-order valence-corrected chi connectivity index (χ4v) is 3.41. The molecule has 0 spiro atoms. The molecule has 3 heteroatoms. The Kier molecular flexibility index (Phi) is 19.6. The van der Waals surface area contributed by atoms with Crippen molar-refractivity contribution in [1.29, 1.82) is 0 Å². The molecule has 0 saturated carbocycles. The fraction of sp³-hybridized carbons (Fsp3) is 0.875. The normalized spacial score (nSPS) is 12.4. The maximum absolute atomic E-state index is 11.6. The minimum Gasteiger partial charge on any atom is -0.382 e. The van der Waals surface area contributed by atoms with Gasteiger partial charge in [0.1, 0.15) is 0 Å². The Balaban J connectivity index is 3.21. The van der Waals surface area contributed by atoms with Crippen LogP contribution in [-0.2, 0) is 9.53 Å². The van der Waals surface area contributed by atoms with E-state index in [1.54, 1.807) is 0 Å². The van der Waals surface area contributed by atoms with Gasteiger partial charge in [-0.25, -0.2) is 0 Å². The van der Waals surface area contributed by atoms with E-state index in [-0.39, 0.29) is 11.8 Å². The molecule has 1 unspecified atom stereocenters. The lowest BCUT2D eigenvalue weighted by molar-refractivity contribution is -0.118. The van der Waals surface area contributed by atoms with Crippen molar-refractivity contribution >= 4 is 5.78 Å². The summed E-state index contributed by atoms with van der Waals surface area (Å²) in [7, 11) is 2.03. The van der Waals surface area contributed by atoms with Crippen LogP contribution in [-0.4, -0.2) is 43.5 Å². The van der Waals surface area contributed by atoms with Crippen molar-refractivity contribution in [3.63, 3.8) is 0 Å². The van der Waals surface area contributed by atoms with Crippen molar-refractivity contribution in [2.24, 2.45) is 0 Å². The minimum atomic E-state index is -0.0300. The standard InChI is InChI=1S/C24H47NO2/c1-5-24(26)23(3)25(4)21-19-17-15-13-11-9-7-8-10-12-14-16-18-20-22-27-6-2/h5,23H,1,6-22H2,2-4H3. The van der Waals surface area contributed by atoms with E-state index in [9.17, 15) is 4.79 Å². The zero-order valence-electron chi connectivity index (χ0n) is 18.6. The summed E-state index contributed by atoms with van der Waals surface area (Å²) >= 11 is 0. The van der Waals surface area contributed by atoms with E-state index >= 15 is 0 Å². The number of carbonyl (C=O) groups is 1. The topological polar surface area (TPSA) is 29.5 Å². The number of ether oxygens (including phenoxy) is 1. The molecule has 0 aliphatic carbocycles. The van der Waals surface area contributed by atoms with Crippen LogP contribution in [0.15, 0.2) is 12.7 Å². The Morgan fingerprint density at radius 3 is 1.67 bits per heavy atom. The first-order valence-electron chi connectivity index (χ1n) is 11.6. The van der Waals surface area contributed by atoms with Crippen LogP contribution in [0.4, 0.5) is 0 Å². The van der Waals surface area contributed by atoms with Gasteiger partial charge in [-0.1, -0.05) is 83.6 Å². The molecule has 1 atom stereocenters. The molecule has 3 nitrogen and oxygen atoms in total. The van der Waals surface area contributed by atoms with Crippen LogP contribution in [0.5, 0.6) is 0 Å². The molecule has 27 heavy (non-hydrogen) atoms. The molecule has 0 aliphatic heterocycles. The van der Waals surface area contributed by atoms with E-state index in [1.807, 2.05) is 14.0 Å². The van der Waals surface area contributed by atoms with Gasteiger partial charge >= 0.3 is 0 Å². The third kappa shape index (κ3) is 17.2. The second-order valence-electron chi connectivity index (χ2n) is 7.91. The van der Waals surface area contributed by atoms with Crippen LogP contribution < -0.4 is 0 Å². The van der Waals surface area contributed by atoms with Gasteiger partial charge in [-0.3, -0.25) is 9.69 Å². The van der Waals surface area contributed by atoms with E-state index in [1.165, 1.54) is 96.0 Å². The summed E-state index contributed by atoms with van der Waals surface area (Å²) < 4.78 is 5.36. The van der Waals surface area contributed by atoms with Crippen LogP contribution in [0.1, 0.15) is 104 Å². The van der Waals surface area contributed by atoms with Crippen molar-refractivity contribution in [3.05, 3.63) is 12.7 Å². The molecule has 0 N–H and O–H groups in total. The third-order valence-electron chi connectivity index (χ3n) is 5.53. The monoisotopic (exact) mass is 381 g/mol. The van der Waals surface area contributed by atoms with Crippen molar-refractivity contribution in [3.8, 4) is 0 Å². The highest BCUT2D eigenvalue weighted by Gasteiger charge is 2.13. The summed E-state index contributed by atoms with van der Waals surface area (Å²) in [6.07, 6.45) is 20.4. The van der Waals surface area contributed by atoms with Crippen LogP contribution in [0.25, 0.3) is 0 Å². The number of unbranched alkanes of at least 4 members (excludes halogenated alkanes) is 13. The Morgan fingerprint density at radius 2 is 1.26 bits per heavy atom. The quantitative estimate of drug-likeness (QED) is 0.166. The summed E-state index contributed by atoms with van der Waals surface area (Å²) in [5, 5.41) is 0. The highest BCUT2D eigenvalue weighted by Crippen LogP contribution is 2.13.